The predicted molar refractivity (Wildman–Crippen MR) is 65.7 cm³/mol. The molecule has 2 rings (SSSR count). The van der Waals surface area contributed by atoms with Crippen LogP contribution in [0.5, 0.6) is 0 Å². The van der Waals surface area contributed by atoms with Crippen molar-refractivity contribution in [3.05, 3.63) is 39.7 Å². The van der Waals surface area contributed by atoms with E-state index in [1.54, 1.807) is 17.7 Å². The van der Waals surface area contributed by atoms with Crippen LogP contribution in [0.3, 0.4) is 0 Å². The maximum atomic E-state index is 10.8. The Labute approximate surface area is 103 Å². The van der Waals surface area contributed by atoms with Gasteiger partial charge in [-0.2, -0.15) is 0 Å². The molecule has 0 spiro atoms. The Kier molecular flexibility index (Phi) is 3.07. The van der Waals surface area contributed by atoms with Crippen LogP contribution >= 0.6 is 0 Å². The number of aryl methyl sites for hydroxylation is 1. The number of nitrogens with zero attached hydrogens (tertiary/aromatic N) is 4. The first kappa shape index (κ1) is 12.2. The topological polar surface area (TPSA) is 99.9 Å². The molecule has 0 bridgehead atoms. The molecular weight excluding hydrogens is 234 g/mol. The standard InChI is InChI=1S/C11H13N5O2/c1-7-3-4-8(16(17)18)5-9(7)11-14-13-10(6-12)15(11)2/h3-5H,6,12H2,1-2H3. The summed E-state index contributed by atoms with van der Waals surface area (Å²) in [5.74, 6) is 1.22. The second kappa shape index (κ2) is 4.53. The molecule has 0 aliphatic carbocycles. The van der Waals surface area contributed by atoms with Crippen LogP contribution in [0, 0.1) is 17.0 Å². The molecule has 1 aromatic heterocycles. The number of non-ortho nitro benzene ring substituents is 1. The van der Waals surface area contributed by atoms with Crippen LogP contribution in [0.25, 0.3) is 11.4 Å². The van der Waals surface area contributed by atoms with E-state index in [9.17, 15) is 10.1 Å². The number of hydrogen-bond acceptors (Lipinski definition) is 5. The number of hydrogen-bond donors (Lipinski definition) is 1. The summed E-state index contributed by atoms with van der Waals surface area (Å²) < 4.78 is 1.74. The van der Waals surface area contributed by atoms with Crippen LogP contribution in [0.15, 0.2) is 18.2 Å². The Bertz CT molecular complexity index is 605. The highest BCUT2D eigenvalue weighted by Gasteiger charge is 2.15. The van der Waals surface area contributed by atoms with Crippen molar-refractivity contribution in [1.82, 2.24) is 14.8 Å². The highest BCUT2D eigenvalue weighted by Crippen LogP contribution is 2.26. The number of benzene rings is 1. The molecule has 1 heterocycles. The van der Waals surface area contributed by atoms with E-state index in [-0.39, 0.29) is 12.2 Å². The van der Waals surface area contributed by atoms with Crippen LogP contribution in [0.1, 0.15) is 11.4 Å². The second-order valence-corrected chi connectivity index (χ2v) is 3.96. The molecule has 18 heavy (non-hydrogen) atoms. The average Bonchev–Trinajstić information content (AvgIpc) is 2.70. The van der Waals surface area contributed by atoms with Gasteiger partial charge in [-0.05, 0) is 12.5 Å². The van der Waals surface area contributed by atoms with Crippen molar-refractivity contribution >= 4 is 5.69 Å². The van der Waals surface area contributed by atoms with Crippen LogP contribution in [0.4, 0.5) is 5.69 Å². The number of nitrogens with two attached hydrogens (primary N) is 1. The monoisotopic (exact) mass is 247 g/mol. The summed E-state index contributed by atoms with van der Waals surface area (Å²) in [5.41, 5.74) is 7.16. The van der Waals surface area contributed by atoms with Gasteiger partial charge in [0.2, 0.25) is 0 Å². The van der Waals surface area contributed by atoms with Gasteiger partial charge >= 0.3 is 0 Å². The van der Waals surface area contributed by atoms with E-state index in [0.717, 1.165) is 5.56 Å². The van der Waals surface area contributed by atoms with E-state index in [1.165, 1.54) is 12.1 Å². The molecule has 2 N–H and O–H groups in total. The van der Waals surface area contributed by atoms with Gasteiger partial charge in [0.25, 0.3) is 5.69 Å². The highest BCUT2D eigenvalue weighted by molar-refractivity contribution is 5.64. The fourth-order valence-corrected chi connectivity index (χ4v) is 1.74. The van der Waals surface area contributed by atoms with E-state index in [4.69, 9.17) is 5.73 Å². The minimum Gasteiger partial charge on any atom is -0.324 e. The van der Waals surface area contributed by atoms with Crippen LogP contribution in [-0.4, -0.2) is 19.7 Å². The summed E-state index contributed by atoms with van der Waals surface area (Å²) in [7, 11) is 1.79. The molecule has 7 nitrogen and oxygen atoms in total. The van der Waals surface area contributed by atoms with E-state index < -0.39 is 4.92 Å². The maximum Gasteiger partial charge on any atom is 0.270 e. The van der Waals surface area contributed by atoms with E-state index in [1.807, 2.05) is 6.92 Å². The molecule has 2 aromatic rings. The van der Waals surface area contributed by atoms with Gasteiger partial charge in [0.1, 0.15) is 5.82 Å². The van der Waals surface area contributed by atoms with Crippen molar-refractivity contribution < 1.29 is 4.92 Å². The summed E-state index contributed by atoms with van der Waals surface area (Å²) in [6.07, 6.45) is 0. The Morgan fingerprint density at radius 1 is 1.44 bits per heavy atom. The number of rotatable bonds is 3. The molecule has 0 fully saturated rings. The zero-order valence-corrected chi connectivity index (χ0v) is 10.1. The van der Waals surface area contributed by atoms with Gasteiger partial charge in [0.05, 0.1) is 11.5 Å². The average molecular weight is 247 g/mol. The molecule has 0 radical (unpaired) electrons. The Hall–Kier alpha value is -2.28. The van der Waals surface area contributed by atoms with E-state index >= 15 is 0 Å². The van der Waals surface area contributed by atoms with Crippen molar-refractivity contribution in [1.29, 1.82) is 0 Å². The van der Waals surface area contributed by atoms with Gasteiger partial charge in [0, 0.05) is 24.7 Å². The highest BCUT2D eigenvalue weighted by atomic mass is 16.6. The van der Waals surface area contributed by atoms with Gasteiger partial charge < -0.3 is 10.3 Å². The molecule has 0 amide bonds. The van der Waals surface area contributed by atoms with Gasteiger partial charge in [-0.25, -0.2) is 0 Å². The molecule has 1 aromatic carbocycles. The van der Waals surface area contributed by atoms with Crippen LogP contribution < -0.4 is 5.73 Å². The van der Waals surface area contributed by atoms with Gasteiger partial charge in [-0.1, -0.05) is 6.07 Å². The molecular formula is C11H13N5O2. The summed E-state index contributed by atoms with van der Waals surface area (Å²) in [4.78, 5) is 10.4. The van der Waals surface area contributed by atoms with Gasteiger partial charge in [-0.15, -0.1) is 10.2 Å². The number of nitro groups is 1. The summed E-state index contributed by atoms with van der Waals surface area (Å²) in [5, 5.41) is 18.8. The lowest BCUT2D eigenvalue weighted by Crippen LogP contribution is -2.05. The smallest absolute Gasteiger partial charge is 0.270 e. The zero-order valence-electron chi connectivity index (χ0n) is 10.1. The molecule has 0 atom stereocenters. The summed E-state index contributed by atoms with van der Waals surface area (Å²) in [6, 6.07) is 4.67. The maximum absolute atomic E-state index is 10.8. The molecule has 0 aliphatic rings. The third kappa shape index (κ3) is 1.95. The fourth-order valence-electron chi connectivity index (χ4n) is 1.74. The Morgan fingerprint density at radius 3 is 2.72 bits per heavy atom. The minimum atomic E-state index is -0.427. The lowest BCUT2D eigenvalue weighted by atomic mass is 10.1. The molecule has 0 unspecified atom stereocenters. The Balaban J connectivity index is 2.59. The molecule has 0 saturated heterocycles. The van der Waals surface area contributed by atoms with E-state index in [2.05, 4.69) is 10.2 Å². The first-order valence-corrected chi connectivity index (χ1v) is 5.38. The second-order valence-electron chi connectivity index (χ2n) is 3.96. The fraction of sp³-hybridized carbons (Fsp3) is 0.273. The molecule has 0 saturated carbocycles. The Morgan fingerprint density at radius 2 is 2.17 bits per heavy atom. The summed E-state index contributed by atoms with van der Waals surface area (Å²) >= 11 is 0. The third-order valence-electron chi connectivity index (χ3n) is 2.82. The normalized spacial score (nSPS) is 10.6. The van der Waals surface area contributed by atoms with Crippen molar-refractivity contribution in [3.8, 4) is 11.4 Å². The van der Waals surface area contributed by atoms with Gasteiger partial charge in [-0.3, -0.25) is 10.1 Å². The number of nitro benzene ring substituents is 1. The van der Waals surface area contributed by atoms with Crippen molar-refractivity contribution in [2.45, 2.75) is 13.5 Å². The quantitative estimate of drug-likeness (QED) is 0.648. The SMILES string of the molecule is Cc1ccc([N+](=O)[O-])cc1-c1nnc(CN)n1C. The molecule has 0 aliphatic heterocycles. The van der Waals surface area contributed by atoms with E-state index in [0.29, 0.717) is 17.2 Å². The van der Waals surface area contributed by atoms with Crippen molar-refractivity contribution in [2.75, 3.05) is 0 Å². The largest absolute Gasteiger partial charge is 0.324 e. The first-order chi connectivity index (χ1) is 8.54. The zero-order chi connectivity index (χ0) is 13.3. The lowest BCUT2D eigenvalue weighted by Gasteiger charge is -2.05. The lowest BCUT2D eigenvalue weighted by molar-refractivity contribution is -0.384. The van der Waals surface area contributed by atoms with Crippen molar-refractivity contribution in [3.63, 3.8) is 0 Å². The molecule has 7 heteroatoms. The van der Waals surface area contributed by atoms with Crippen molar-refractivity contribution in [2.24, 2.45) is 12.8 Å². The minimum absolute atomic E-state index is 0.0351. The summed E-state index contributed by atoms with van der Waals surface area (Å²) in [6.45, 7) is 2.15. The molecule has 94 valence electrons. The predicted octanol–water partition coefficient (Wildman–Crippen LogP) is 1.16. The first-order valence-electron chi connectivity index (χ1n) is 5.38. The number of aromatic nitrogens is 3. The van der Waals surface area contributed by atoms with Crippen LogP contribution in [0.2, 0.25) is 0 Å². The third-order valence-corrected chi connectivity index (χ3v) is 2.82. The van der Waals surface area contributed by atoms with Gasteiger partial charge in [0.15, 0.2) is 5.82 Å². The van der Waals surface area contributed by atoms with Crippen LogP contribution in [-0.2, 0) is 13.6 Å².